The highest BCUT2D eigenvalue weighted by Crippen LogP contribution is 2.23. The summed E-state index contributed by atoms with van der Waals surface area (Å²) in [6.45, 7) is 4.27. The molecule has 76 valence electrons. The standard InChI is InChI=1S/C10H16N3P/c11-9-3-1-2-4-10(9)12-5-7-13(14)8-6-12/h1-4H,5-8,11,14H2. The van der Waals surface area contributed by atoms with E-state index in [2.05, 4.69) is 25.0 Å². The van der Waals surface area contributed by atoms with Gasteiger partial charge in [0.15, 0.2) is 0 Å². The fraction of sp³-hybridized carbons (Fsp3) is 0.400. The summed E-state index contributed by atoms with van der Waals surface area (Å²) in [5.41, 5.74) is 7.98. The lowest BCUT2D eigenvalue weighted by Crippen LogP contribution is -2.42. The molecule has 0 aromatic heterocycles. The molecule has 0 amide bonds. The Bertz CT molecular complexity index is 308. The summed E-state index contributed by atoms with van der Waals surface area (Å²) in [5.74, 6) is 0. The molecule has 0 aliphatic carbocycles. The van der Waals surface area contributed by atoms with E-state index in [4.69, 9.17) is 5.73 Å². The molecule has 1 atom stereocenters. The molecule has 2 rings (SSSR count). The van der Waals surface area contributed by atoms with Crippen molar-refractivity contribution in [3.8, 4) is 0 Å². The van der Waals surface area contributed by atoms with Crippen molar-refractivity contribution in [3.63, 3.8) is 0 Å². The van der Waals surface area contributed by atoms with Crippen molar-refractivity contribution in [1.82, 2.24) is 4.67 Å². The largest absolute Gasteiger partial charge is 0.397 e. The summed E-state index contributed by atoms with van der Waals surface area (Å²) < 4.78 is 2.26. The Kier molecular flexibility index (Phi) is 2.90. The van der Waals surface area contributed by atoms with Gasteiger partial charge in [0.2, 0.25) is 0 Å². The Labute approximate surface area is 87.1 Å². The summed E-state index contributed by atoms with van der Waals surface area (Å²) in [6.07, 6.45) is 0. The van der Waals surface area contributed by atoms with Gasteiger partial charge in [0.25, 0.3) is 0 Å². The van der Waals surface area contributed by atoms with E-state index >= 15 is 0 Å². The molecule has 14 heavy (non-hydrogen) atoms. The van der Waals surface area contributed by atoms with Crippen LogP contribution >= 0.6 is 9.39 Å². The van der Waals surface area contributed by atoms with Gasteiger partial charge in [-0.25, -0.2) is 0 Å². The molecule has 1 aliphatic rings. The molecular weight excluding hydrogens is 193 g/mol. The molecule has 3 nitrogen and oxygen atoms in total. The maximum Gasteiger partial charge on any atom is 0.0600 e. The van der Waals surface area contributed by atoms with Crippen LogP contribution in [0.4, 0.5) is 11.4 Å². The minimum absolute atomic E-state index is 0.879. The van der Waals surface area contributed by atoms with Crippen LogP contribution < -0.4 is 10.6 Å². The quantitative estimate of drug-likeness (QED) is 0.557. The molecule has 1 heterocycles. The lowest BCUT2D eigenvalue weighted by molar-refractivity contribution is 0.429. The highest BCUT2D eigenvalue weighted by Gasteiger charge is 2.15. The number of nitrogen functional groups attached to an aromatic ring is 1. The monoisotopic (exact) mass is 209 g/mol. The molecule has 1 unspecified atom stereocenters. The first-order chi connectivity index (χ1) is 6.77. The summed E-state index contributed by atoms with van der Waals surface area (Å²) in [6, 6.07) is 8.07. The Morgan fingerprint density at radius 1 is 1.07 bits per heavy atom. The molecule has 0 bridgehead atoms. The number of rotatable bonds is 1. The van der Waals surface area contributed by atoms with Crippen LogP contribution in [0, 0.1) is 0 Å². The van der Waals surface area contributed by atoms with Gasteiger partial charge in [0.1, 0.15) is 0 Å². The normalized spacial score (nSPS) is 18.5. The predicted molar refractivity (Wildman–Crippen MR) is 64.4 cm³/mol. The van der Waals surface area contributed by atoms with Crippen LogP contribution in [-0.4, -0.2) is 30.8 Å². The average molecular weight is 209 g/mol. The van der Waals surface area contributed by atoms with E-state index < -0.39 is 0 Å². The highest BCUT2D eigenvalue weighted by molar-refractivity contribution is 7.13. The predicted octanol–water partition coefficient (Wildman–Crippen LogP) is 1.18. The molecule has 1 saturated heterocycles. The topological polar surface area (TPSA) is 32.5 Å². The van der Waals surface area contributed by atoms with Crippen LogP contribution in [-0.2, 0) is 0 Å². The molecule has 4 heteroatoms. The second kappa shape index (κ2) is 4.16. The van der Waals surface area contributed by atoms with Crippen molar-refractivity contribution in [2.75, 3.05) is 36.8 Å². The zero-order valence-corrected chi connectivity index (χ0v) is 9.34. The molecule has 0 spiro atoms. The van der Waals surface area contributed by atoms with Gasteiger partial charge in [0.05, 0.1) is 11.4 Å². The van der Waals surface area contributed by atoms with Crippen LogP contribution in [0.5, 0.6) is 0 Å². The molecule has 1 aromatic rings. The highest BCUT2D eigenvalue weighted by atomic mass is 31.0. The van der Waals surface area contributed by atoms with Gasteiger partial charge in [-0.3, -0.25) is 4.67 Å². The third-order valence-electron chi connectivity index (χ3n) is 2.59. The second-order valence-corrected chi connectivity index (χ2v) is 4.31. The van der Waals surface area contributed by atoms with Crippen molar-refractivity contribution in [3.05, 3.63) is 24.3 Å². The molecule has 2 N–H and O–H groups in total. The fourth-order valence-corrected chi connectivity index (χ4v) is 1.97. The minimum atomic E-state index is 0.879. The van der Waals surface area contributed by atoms with Crippen LogP contribution in [0.25, 0.3) is 0 Å². The maximum atomic E-state index is 5.93. The lowest BCUT2D eigenvalue weighted by atomic mass is 10.2. The second-order valence-electron chi connectivity index (χ2n) is 3.58. The van der Waals surface area contributed by atoms with Gasteiger partial charge in [-0.2, -0.15) is 0 Å². The van der Waals surface area contributed by atoms with E-state index in [1.807, 2.05) is 18.2 Å². The Morgan fingerprint density at radius 3 is 2.36 bits per heavy atom. The number of hydrogen-bond acceptors (Lipinski definition) is 3. The van der Waals surface area contributed by atoms with Gasteiger partial charge >= 0.3 is 0 Å². The first-order valence-corrected chi connectivity index (χ1v) is 5.38. The number of nitrogens with zero attached hydrogens (tertiary/aromatic N) is 2. The first-order valence-electron chi connectivity index (χ1n) is 4.86. The number of nitrogens with two attached hydrogens (primary N) is 1. The van der Waals surface area contributed by atoms with Crippen LogP contribution in [0.2, 0.25) is 0 Å². The Hall–Kier alpha value is -0.790. The summed E-state index contributed by atoms with van der Waals surface area (Å²) >= 11 is 0. The third kappa shape index (κ3) is 1.99. The van der Waals surface area contributed by atoms with Crippen LogP contribution in [0.1, 0.15) is 0 Å². The van der Waals surface area contributed by atoms with E-state index in [1.54, 1.807) is 0 Å². The molecule has 0 radical (unpaired) electrons. The van der Waals surface area contributed by atoms with Gasteiger partial charge < -0.3 is 10.6 Å². The summed E-state index contributed by atoms with van der Waals surface area (Å²) in [7, 11) is 2.75. The minimum Gasteiger partial charge on any atom is -0.397 e. The average Bonchev–Trinajstić information content (AvgIpc) is 2.20. The van der Waals surface area contributed by atoms with Crippen molar-refractivity contribution in [2.45, 2.75) is 0 Å². The molecule has 0 saturated carbocycles. The van der Waals surface area contributed by atoms with E-state index in [0.29, 0.717) is 0 Å². The van der Waals surface area contributed by atoms with Crippen LogP contribution in [0.3, 0.4) is 0 Å². The van der Waals surface area contributed by atoms with Crippen LogP contribution in [0.15, 0.2) is 24.3 Å². The number of benzene rings is 1. The molecule has 1 aliphatic heterocycles. The van der Waals surface area contributed by atoms with E-state index in [9.17, 15) is 0 Å². The Morgan fingerprint density at radius 2 is 1.71 bits per heavy atom. The van der Waals surface area contributed by atoms with E-state index in [-0.39, 0.29) is 0 Å². The number of piperazine rings is 1. The zero-order valence-electron chi connectivity index (χ0n) is 8.19. The fourth-order valence-electron chi connectivity index (χ4n) is 1.74. The first kappa shape index (κ1) is 9.75. The van der Waals surface area contributed by atoms with Crippen molar-refractivity contribution < 1.29 is 0 Å². The molecule has 1 aromatic carbocycles. The third-order valence-corrected chi connectivity index (χ3v) is 3.11. The molecular formula is C10H16N3P. The van der Waals surface area contributed by atoms with E-state index in [1.165, 1.54) is 5.69 Å². The SMILES string of the molecule is Nc1ccccc1N1CCN(P)CC1. The van der Waals surface area contributed by atoms with Crippen molar-refractivity contribution >= 4 is 20.8 Å². The van der Waals surface area contributed by atoms with Gasteiger partial charge in [0, 0.05) is 26.2 Å². The zero-order chi connectivity index (χ0) is 9.97. The van der Waals surface area contributed by atoms with E-state index in [0.717, 1.165) is 31.9 Å². The summed E-state index contributed by atoms with van der Waals surface area (Å²) in [5, 5.41) is 0. The Balaban J connectivity index is 2.12. The van der Waals surface area contributed by atoms with Crippen molar-refractivity contribution in [2.24, 2.45) is 0 Å². The number of hydrogen-bond donors (Lipinski definition) is 1. The smallest absolute Gasteiger partial charge is 0.0600 e. The van der Waals surface area contributed by atoms with Gasteiger partial charge in [-0.05, 0) is 12.1 Å². The maximum absolute atomic E-state index is 5.93. The molecule has 1 fully saturated rings. The summed E-state index contributed by atoms with van der Waals surface area (Å²) in [4.78, 5) is 2.34. The van der Waals surface area contributed by atoms with Gasteiger partial charge in [-0.1, -0.05) is 21.5 Å². The lowest BCUT2D eigenvalue weighted by Gasteiger charge is -2.34. The number of anilines is 2. The van der Waals surface area contributed by atoms with Crippen molar-refractivity contribution in [1.29, 1.82) is 0 Å². The number of para-hydroxylation sites is 2. The van der Waals surface area contributed by atoms with Gasteiger partial charge in [-0.15, -0.1) is 0 Å².